The lowest BCUT2D eigenvalue weighted by molar-refractivity contribution is 0.0240. The van der Waals surface area contributed by atoms with Gasteiger partial charge in [-0.1, -0.05) is 11.2 Å². The molecule has 2 unspecified atom stereocenters. The van der Waals surface area contributed by atoms with Gasteiger partial charge in [0.05, 0.1) is 12.6 Å². The van der Waals surface area contributed by atoms with Gasteiger partial charge in [0.2, 0.25) is 0 Å². The van der Waals surface area contributed by atoms with Gasteiger partial charge in [0.1, 0.15) is 6.10 Å². The second-order valence-electron chi connectivity index (χ2n) is 3.92. The summed E-state index contributed by atoms with van der Waals surface area (Å²) in [6.07, 6.45) is -2.20. The summed E-state index contributed by atoms with van der Waals surface area (Å²) in [6, 6.07) is 3.35. The Kier molecular flexibility index (Phi) is 4.34. The molecule has 1 aromatic rings. The van der Waals surface area contributed by atoms with Gasteiger partial charge in [-0.2, -0.15) is 0 Å². The topological polar surface area (TPSA) is 115 Å². The van der Waals surface area contributed by atoms with E-state index in [9.17, 15) is 10.2 Å². The van der Waals surface area contributed by atoms with Gasteiger partial charge in [-0.15, -0.1) is 0 Å². The highest BCUT2D eigenvalue weighted by atomic mass is 16.3. The molecule has 0 saturated heterocycles. The minimum Gasteiger partial charge on any atom is -0.399 e. The van der Waals surface area contributed by atoms with Gasteiger partial charge >= 0.3 is 0 Å². The number of hydrogen-bond acceptors (Lipinski definition) is 4. The van der Waals surface area contributed by atoms with E-state index in [1.807, 2.05) is 13.8 Å². The lowest BCUT2D eigenvalue weighted by atomic mass is 9.95. The predicted octanol–water partition coefficient (Wildman–Crippen LogP) is 1.59. The van der Waals surface area contributed by atoms with Gasteiger partial charge < -0.3 is 15.9 Å². The number of aliphatic hydroxyl groups excluding tert-OH is 2. The Morgan fingerprint density at radius 3 is 2.59 bits per heavy atom. The fourth-order valence-corrected chi connectivity index (χ4v) is 1.61. The van der Waals surface area contributed by atoms with E-state index in [1.54, 1.807) is 12.1 Å². The molecule has 0 saturated carbocycles. The van der Waals surface area contributed by atoms with Crippen molar-refractivity contribution in [3.8, 4) is 0 Å². The number of azide groups is 1. The first kappa shape index (κ1) is 13.3. The number of nitrogen functional groups attached to an aromatic ring is 1. The van der Waals surface area contributed by atoms with E-state index < -0.39 is 12.2 Å². The molecular weight excluding hydrogens is 220 g/mol. The van der Waals surface area contributed by atoms with E-state index in [1.165, 1.54) is 0 Å². The third kappa shape index (κ3) is 2.88. The van der Waals surface area contributed by atoms with Crippen molar-refractivity contribution in [2.24, 2.45) is 5.11 Å². The quantitative estimate of drug-likeness (QED) is 0.319. The molecule has 0 radical (unpaired) electrons. The van der Waals surface area contributed by atoms with Crippen LogP contribution in [0, 0.1) is 13.8 Å². The number of rotatable bonds is 4. The molecule has 6 nitrogen and oxygen atoms in total. The smallest absolute Gasteiger partial charge is 0.105 e. The highest BCUT2D eigenvalue weighted by molar-refractivity contribution is 5.53. The number of aliphatic hydroxyl groups is 2. The van der Waals surface area contributed by atoms with Crippen LogP contribution in [-0.4, -0.2) is 22.9 Å². The van der Waals surface area contributed by atoms with Crippen LogP contribution < -0.4 is 5.73 Å². The Morgan fingerprint density at radius 1 is 1.35 bits per heavy atom. The Hall–Kier alpha value is -1.75. The zero-order valence-electron chi connectivity index (χ0n) is 9.83. The Balaban J connectivity index is 3.00. The van der Waals surface area contributed by atoms with Crippen LogP contribution in [0.3, 0.4) is 0 Å². The first-order valence-electron chi connectivity index (χ1n) is 5.21. The summed E-state index contributed by atoms with van der Waals surface area (Å²) < 4.78 is 0. The molecule has 0 heterocycles. The number of hydrogen-bond donors (Lipinski definition) is 3. The van der Waals surface area contributed by atoms with E-state index >= 15 is 0 Å². The molecular formula is C11H16N4O2. The monoisotopic (exact) mass is 236 g/mol. The third-order valence-electron chi connectivity index (χ3n) is 2.89. The summed E-state index contributed by atoms with van der Waals surface area (Å²) in [4.78, 5) is 2.54. The highest BCUT2D eigenvalue weighted by Crippen LogP contribution is 2.26. The molecule has 17 heavy (non-hydrogen) atoms. The minimum atomic E-state index is -1.12. The Bertz CT molecular complexity index is 455. The molecule has 0 aliphatic carbocycles. The normalized spacial score (nSPS) is 13.9. The van der Waals surface area contributed by atoms with Crippen LogP contribution in [-0.2, 0) is 0 Å². The van der Waals surface area contributed by atoms with Gasteiger partial charge in [0.25, 0.3) is 0 Å². The standard InChI is InChI=1S/C11H16N4O2/c1-6-7(2)9(12)4-3-8(6)11(17)10(16)5-14-15-13/h3-4,10-11,16-17H,5,12H2,1-2H3. The van der Waals surface area contributed by atoms with Crippen LogP contribution in [0.15, 0.2) is 17.2 Å². The average molecular weight is 236 g/mol. The molecule has 6 heteroatoms. The Morgan fingerprint density at radius 2 is 2.00 bits per heavy atom. The molecule has 0 aromatic heterocycles. The van der Waals surface area contributed by atoms with Crippen molar-refractivity contribution in [3.63, 3.8) is 0 Å². The van der Waals surface area contributed by atoms with Crippen LogP contribution in [0.2, 0.25) is 0 Å². The van der Waals surface area contributed by atoms with E-state index in [0.29, 0.717) is 11.3 Å². The number of nitrogens with two attached hydrogens (primary N) is 1. The summed E-state index contributed by atoms with van der Waals surface area (Å²) in [7, 11) is 0. The Labute approximate surface area is 99.3 Å². The minimum absolute atomic E-state index is 0.166. The molecule has 0 aliphatic rings. The van der Waals surface area contributed by atoms with Crippen LogP contribution >= 0.6 is 0 Å². The second-order valence-corrected chi connectivity index (χ2v) is 3.92. The maximum absolute atomic E-state index is 9.94. The summed E-state index contributed by atoms with van der Waals surface area (Å²) >= 11 is 0. The number of benzene rings is 1. The van der Waals surface area contributed by atoms with E-state index in [-0.39, 0.29) is 6.54 Å². The maximum Gasteiger partial charge on any atom is 0.105 e. The fourth-order valence-electron chi connectivity index (χ4n) is 1.61. The van der Waals surface area contributed by atoms with Gasteiger partial charge in [-0.25, -0.2) is 0 Å². The zero-order chi connectivity index (χ0) is 13.0. The van der Waals surface area contributed by atoms with Crippen LogP contribution in [0.5, 0.6) is 0 Å². The summed E-state index contributed by atoms with van der Waals surface area (Å²) in [6.45, 7) is 3.51. The number of nitrogens with zero attached hydrogens (tertiary/aromatic N) is 3. The summed E-state index contributed by atoms with van der Waals surface area (Å²) in [5.74, 6) is 0. The van der Waals surface area contributed by atoms with Crippen LogP contribution in [0.25, 0.3) is 10.4 Å². The maximum atomic E-state index is 9.94. The molecule has 0 amide bonds. The van der Waals surface area contributed by atoms with Crippen molar-refractivity contribution in [1.82, 2.24) is 0 Å². The molecule has 0 aliphatic heterocycles. The number of anilines is 1. The molecule has 4 N–H and O–H groups in total. The van der Waals surface area contributed by atoms with Crippen molar-refractivity contribution in [2.75, 3.05) is 12.3 Å². The summed E-state index contributed by atoms with van der Waals surface area (Å²) in [5, 5.41) is 22.8. The highest BCUT2D eigenvalue weighted by Gasteiger charge is 2.20. The molecule has 0 bridgehead atoms. The molecule has 1 rings (SSSR count). The molecule has 0 spiro atoms. The van der Waals surface area contributed by atoms with E-state index in [4.69, 9.17) is 11.3 Å². The van der Waals surface area contributed by atoms with Crippen molar-refractivity contribution in [3.05, 3.63) is 39.3 Å². The van der Waals surface area contributed by atoms with E-state index in [2.05, 4.69) is 10.0 Å². The second kappa shape index (κ2) is 5.54. The lowest BCUT2D eigenvalue weighted by Crippen LogP contribution is -2.22. The van der Waals surface area contributed by atoms with Crippen molar-refractivity contribution < 1.29 is 10.2 Å². The van der Waals surface area contributed by atoms with Crippen LogP contribution in [0.1, 0.15) is 22.8 Å². The average Bonchev–Trinajstić information content (AvgIpc) is 2.32. The van der Waals surface area contributed by atoms with Crippen molar-refractivity contribution in [1.29, 1.82) is 0 Å². The predicted molar refractivity (Wildman–Crippen MR) is 65.3 cm³/mol. The third-order valence-corrected chi connectivity index (χ3v) is 2.89. The van der Waals surface area contributed by atoms with Gasteiger partial charge in [-0.3, -0.25) is 0 Å². The largest absolute Gasteiger partial charge is 0.399 e. The van der Waals surface area contributed by atoms with E-state index in [0.717, 1.165) is 11.1 Å². The molecule has 0 fully saturated rings. The first-order valence-corrected chi connectivity index (χ1v) is 5.21. The van der Waals surface area contributed by atoms with Gasteiger partial charge in [0, 0.05) is 10.6 Å². The molecule has 2 atom stereocenters. The van der Waals surface area contributed by atoms with Gasteiger partial charge in [-0.05, 0) is 42.1 Å². The zero-order valence-corrected chi connectivity index (χ0v) is 9.83. The molecule has 1 aromatic carbocycles. The van der Waals surface area contributed by atoms with Crippen LogP contribution in [0.4, 0.5) is 5.69 Å². The lowest BCUT2D eigenvalue weighted by Gasteiger charge is -2.20. The fraction of sp³-hybridized carbons (Fsp3) is 0.455. The summed E-state index contributed by atoms with van der Waals surface area (Å²) in [5.41, 5.74) is 16.8. The molecule has 92 valence electrons. The van der Waals surface area contributed by atoms with Crippen molar-refractivity contribution >= 4 is 5.69 Å². The van der Waals surface area contributed by atoms with Crippen molar-refractivity contribution in [2.45, 2.75) is 26.1 Å². The SMILES string of the molecule is Cc1c(N)ccc(C(O)C(O)CN=[N+]=[N-])c1C. The van der Waals surface area contributed by atoms with Gasteiger partial charge in [0.15, 0.2) is 0 Å². The first-order chi connectivity index (χ1) is 7.99.